The van der Waals surface area contributed by atoms with Crippen LogP contribution < -0.4 is 5.32 Å². The summed E-state index contributed by atoms with van der Waals surface area (Å²) in [7, 11) is 1.84. The van der Waals surface area contributed by atoms with Crippen LogP contribution in [0.2, 0.25) is 4.34 Å². The highest BCUT2D eigenvalue weighted by atomic mass is 35.5. The monoisotopic (exact) mass is 163 g/mol. The molecule has 0 saturated heterocycles. The van der Waals surface area contributed by atoms with Crippen LogP contribution in [0.25, 0.3) is 0 Å². The topological polar surface area (TPSA) is 37.8 Å². The lowest BCUT2D eigenvalue weighted by Gasteiger charge is -1.89. The molecule has 1 N–H and O–H groups in total. The molecular weight excluding hydrogens is 158 g/mol. The van der Waals surface area contributed by atoms with Crippen LogP contribution in [-0.4, -0.2) is 16.6 Å². The summed E-state index contributed by atoms with van der Waals surface area (Å²) >= 11 is 6.88. The Morgan fingerprint density at radius 3 is 3.00 bits per heavy atom. The van der Waals surface area contributed by atoms with Gasteiger partial charge in [0.2, 0.25) is 0 Å². The summed E-state index contributed by atoms with van der Waals surface area (Å²) in [6.07, 6.45) is 0. The molecule has 5 heteroatoms. The Balaban J connectivity index is 2.69. The number of nitrogens with one attached hydrogen (secondary N) is 1. The van der Waals surface area contributed by atoms with Gasteiger partial charge in [0.25, 0.3) is 0 Å². The highest BCUT2D eigenvalue weighted by Gasteiger charge is 2.01. The van der Waals surface area contributed by atoms with Crippen molar-refractivity contribution in [1.82, 2.24) is 14.9 Å². The molecule has 1 rings (SSSR count). The highest BCUT2D eigenvalue weighted by molar-refractivity contribution is 7.10. The Morgan fingerprint density at radius 1 is 1.78 bits per heavy atom. The Labute approximate surface area is 62.2 Å². The third-order valence-electron chi connectivity index (χ3n) is 0.854. The van der Waals surface area contributed by atoms with E-state index in [4.69, 9.17) is 11.6 Å². The summed E-state index contributed by atoms with van der Waals surface area (Å²) in [6, 6.07) is 0. The minimum atomic E-state index is 0.671. The normalized spacial score (nSPS) is 10.0. The first kappa shape index (κ1) is 6.92. The molecule has 1 heterocycles. The van der Waals surface area contributed by atoms with Crippen LogP contribution in [0.3, 0.4) is 0 Å². The number of hydrogen-bond acceptors (Lipinski definition) is 4. The SMILES string of the molecule is CNCc1nnsc1Cl. The molecule has 0 aromatic carbocycles. The van der Waals surface area contributed by atoms with Crippen LogP contribution in [0, 0.1) is 0 Å². The predicted molar refractivity (Wildman–Crippen MR) is 37.7 cm³/mol. The van der Waals surface area contributed by atoms with Gasteiger partial charge in [0.1, 0.15) is 10.0 Å². The zero-order chi connectivity index (χ0) is 6.69. The summed E-state index contributed by atoms with van der Waals surface area (Å²) in [5.74, 6) is 0. The van der Waals surface area contributed by atoms with Crippen molar-refractivity contribution in [3.05, 3.63) is 10.0 Å². The summed E-state index contributed by atoms with van der Waals surface area (Å²) in [6.45, 7) is 0.690. The van der Waals surface area contributed by atoms with E-state index < -0.39 is 0 Å². The third-order valence-corrected chi connectivity index (χ3v) is 1.84. The molecule has 0 amide bonds. The fourth-order valence-corrected chi connectivity index (χ4v) is 1.10. The smallest absolute Gasteiger partial charge is 0.138 e. The molecule has 0 aliphatic rings. The van der Waals surface area contributed by atoms with Crippen molar-refractivity contribution >= 4 is 23.1 Å². The summed E-state index contributed by atoms with van der Waals surface area (Å²) < 4.78 is 4.33. The average Bonchev–Trinajstić information content (AvgIpc) is 2.18. The zero-order valence-electron chi connectivity index (χ0n) is 4.89. The molecule has 3 nitrogen and oxygen atoms in total. The van der Waals surface area contributed by atoms with Crippen molar-refractivity contribution < 1.29 is 0 Å². The van der Waals surface area contributed by atoms with E-state index in [1.54, 1.807) is 0 Å². The van der Waals surface area contributed by atoms with Gasteiger partial charge >= 0.3 is 0 Å². The number of aromatic nitrogens is 2. The van der Waals surface area contributed by atoms with E-state index in [0.717, 1.165) is 5.69 Å². The molecule has 0 bridgehead atoms. The van der Waals surface area contributed by atoms with Gasteiger partial charge in [-0.05, 0) is 7.05 Å². The molecule has 1 aromatic rings. The van der Waals surface area contributed by atoms with Crippen LogP contribution >= 0.6 is 23.1 Å². The van der Waals surface area contributed by atoms with E-state index in [1.165, 1.54) is 11.5 Å². The number of nitrogens with zero attached hydrogens (tertiary/aromatic N) is 2. The van der Waals surface area contributed by atoms with Gasteiger partial charge in [-0.15, -0.1) is 5.10 Å². The lowest BCUT2D eigenvalue weighted by molar-refractivity contribution is 0.785. The van der Waals surface area contributed by atoms with Gasteiger partial charge in [0.15, 0.2) is 0 Å². The average molecular weight is 164 g/mol. The second-order valence-electron chi connectivity index (χ2n) is 1.52. The maximum Gasteiger partial charge on any atom is 0.138 e. The van der Waals surface area contributed by atoms with Crippen molar-refractivity contribution in [3.8, 4) is 0 Å². The largest absolute Gasteiger partial charge is 0.314 e. The quantitative estimate of drug-likeness (QED) is 0.705. The van der Waals surface area contributed by atoms with E-state index >= 15 is 0 Å². The van der Waals surface area contributed by atoms with E-state index in [1.807, 2.05) is 7.05 Å². The Morgan fingerprint density at radius 2 is 2.56 bits per heavy atom. The van der Waals surface area contributed by atoms with Crippen molar-refractivity contribution in [2.75, 3.05) is 7.05 Å². The highest BCUT2D eigenvalue weighted by Crippen LogP contribution is 2.16. The lowest BCUT2D eigenvalue weighted by atomic mass is 10.5. The predicted octanol–water partition coefficient (Wildman–Crippen LogP) is 0.911. The fraction of sp³-hybridized carbons (Fsp3) is 0.500. The van der Waals surface area contributed by atoms with Crippen molar-refractivity contribution in [2.45, 2.75) is 6.54 Å². The fourth-order valence-electron chi connectivity index (χ4n) is 0.470. The second kappa shape index (κ2) is 3.10. The van der Waals surface area contributed by atoms with Crippen molar-refractivity contribution in [3.63, 3.8) is 0 Å². The number of rotatable bonds is 2. The molecule has 0 saturated carbocycles. The van der Waals surface area contributed by atoms with E-state index in [0.29, 0.717) is 10.9 Å². The van der Waals surface area contributed by atoms with Crippen LogP contribution in [0.4, 0.5) is 0 Å². The van der Waals surface area contributed by atoms with Gasteiger partial charge in [0.05, 0.1) is 0 Å². The minimum Gasteiger partial charge on any atom is -0.314 e. The molecule has 0 fully saturated rings. The Hall–Kier alpha value is -0.190. The van der Waals surface area contributed by atoms with Crippen molar-refractivity contribution in [1.29, 1.82) is 0 Å². The Bertz CT molecular complexity index is 188. The summed E-state index contributed by atoms with van der Waals surface area (Å²) in [5, 5.41) is 6.71. The number of hydrogen-bond donors (Lipinski definition) is 1. The van der Waals surface area contributed by atoms with Gasteiger partial charge in [0, 0.05) is 18.1 Å². The molecule has 50 valence electrons. The second-order valence-corrected chi connectivity index (χ2v) is 2.88. The van der Waals surface area contributed by atoms with Crippen LogP contribution in [0.5, 0.6) is 0 Å². The maximum atomic E-state index is 5.67. The van der Waals surface area contributed by atoms with Crippen LogP contribution in [0.15, 0.2) is 0 Å². The molecule has 0 atom stereocenters. The molecule has 9 heavy (non-hydrogen) atoms. The van der Waals surface area contributed by atoms with Gasteiger partial charge in [-0.1, -0.05) is 16.1 Å². The van der Waals surface area contributed by atoms with E-state index in [2.05, 4.69) is 14.9 Å². The van der Waals surface area contributed by atoms with E-state index in [-0.39, 0.29) is 0 Å². The Kier molecular flexibility index (Phi) is 2.38. The van der Waals surface area contributed by atoms with Gasteiger partial charge < -0.3 is 5.32 Å². The van der Waals surface area contributed by atoms with E-state index in [9.17, 15) is 0 Å². The molecule has 0 spiro atoms. The first-order chi connectivity index (χ1) is 4.34. The zero-order valence-corrected chi connectivity index (χ0v) is 6.46. The van der Waals surface area contributed by atoms with Gasteiger partial charge in [-0.2, -0.15) is 0 Å². The van der Waals surface area contributed by atoms with Crippen molar-refractivity contribution in [2.24, 2.45) is 0 Å². The molecule has 0 aliphatic carbocycles. The lowest BCUT2D eigenvalue weighted by Crippen LogP contribution is -2.05. The van der Waals surface area contributed by atoms with Gasteiger partial charge in [-0.25, -0.2) is 0 Å². The molecule has 0 radical (unpaired) electrons. The van der Waals surface area contributed by atoms with Crippen LogP contribution in [-0.2, 0) is 6.54 Å². The third kappa shape index (κ3) is 1.61. The number of halogens is 1. The minimum absolute atomic E-state index is 0.671. The molecule has 0 aliphatic heterocycles. The van der Waals surface area contributed by atoms with Gasteiger partial charge in [-0.3, -0.25) is 0 Å². The molecular formula is C4H6ClN3S. The first-order valence-corrected chi connectivity index (χ1v) is 3.61. The molecule has 0 unspecified atom stereocenters. The maximum absolute atomic E-state index is 5.67. The molecule has 1 aromatic heterocycles. The standard InChI is InChI=1S/C4H6ClN3S/c1-6-2-3-4(5)9-8-7-3/h6H,2H2,1H3. The first-order valence-electron chi connectivity index (χ1n) is 2.46. The summed E-state index contributed by atoms with van der Waals surface area (Å²) in [5.41, 5.74) is 0.823. The van der Waals surface area contributed by atoms with Crippen LogP contribution in [0.1, 0.15) is 5.69 Å². The summed E-state index contributed by atoms with van der Waals surface area (Å²) in [4.78, 5) is 0.